The molecule has 44 heavy (non-hydrogen) atoms. The Morgan fingerprint density at radius 1 is 1.05 bits per heavy atom. The SMILES string of the molecule is CNC(=O)c1cc(-c2cccnc2[C@H](Cc2cc(F)cc(F)c2)NC(=O)Cn2nc(C(F)F)c3c2C(F)C2CC32)ccc1F. The molecule has 2 heterocycles. The number of carbonyl (C=O) groups excluding carboxylic acids is 2. The molecule has 2 aromatic carbocycles. The second-order valence-corrected chi connectivity index (χ2v) is 10.9. The summed E-state index contributed by atoms with van der Waals surface area (Å²) in [6.45, 7) is -0.595. The molecule has 1 saturated carbocycles. The molecule has 1 fully saturated rings. The van der Waals surface area contributed by atoms with Crippen LogP contribution >= 0.6 is 0 Å². The van der Waals surface area contributed by atoms with Gasteiger partial charge in [0.15, 0.2) is 0 Å². The van der Waals surface area contributed by atoms with E-state index in [1.54, 1.807) is 12.1 Å². The van der Waals surface area contributed by atoms with Crippen LogP contribution in [0.3, 0.4) is 0 Å². The van der Waals surface area contributed by atoms with Crippen molar-refractivity contribution in [1.82, 2.24) is 25.4 Å². The average Bonchev–Trinajstić information content (AvgIpc) is 3.61. The largest absolute Gasteiger partial charge is 0.355 e. The van der Waals surface area contributed by atoms with E-state index < -0.39 is 66.1 Å². The minimum Gasteiger partial charge on any atom is -0.355 e. The van der Waals surface area contributed by atoms with E-state index in [9.17, 15) is 31.5 Å². The Labute approximate surface area is 247 Å². The fourth-order valence-corrected chi connectivity index (χ4v) is 6.03. The van der Waals surface area contributed by atoms with Gasteiger partial charge in [0.05, 0.1) is 23.0 Å². The molecule has 2 aliphatic rings. The van der Waals surface area contributed by atoms with Crippen LogP contribution in [0.1, 0.15) is 69.5 Å². The van der Waals surface area contributed by atoms with Crippen molar-refractivity contribution in [2.45, 2.75) is 43.9 Å². The molecule has 2 N–H and O–H groups in total. The van der Waals surface area contributed by atoms with E-state index in [-0.39, 0.29) is 40.4 Å². The summed E-state index contributed by atoms with van der Waals surface area (Å²) in [7, 11) is 1.35. The standard InChI is InChI=1S/C31H25F6N5O2/c1-38-31(44)21-10-15(4-5-22(21)34)18-3-2-6-39-27(18)23(9-14-7-16(32)11-17(33)8-14)40-24(43)13-42-29-25(28(41-42)30(36)37)19-12-20(19)26(29)35/h2-8,10-11,19-20,23,26,30H,9,12-13H2,1H3,(H,38,44)(H,40,43)/t19?,20?,23-,26?/m0/s1. The second-order valence-electron chi connectivity index (χ2n) is 10.9. The van der Waals surface area contributed by atoms with Crippen LogP contribution in [0.15, 0.2) is 54.7 Å². The Morgan fingerprint density at radius 2 is 1.80 bits per heavy atom. The number of carbonyl (C=O) groups is 2. The fourth-order valence-electron chi connectivity index (χ4n) is 6.03. The van der Waals surface area contributed by atoms with Crippen LogP contribution in [0.2, 0.25) is 0 Å². The van der Waals surface area contributed by atoms with Gasteiger partial charge in [-0.15, -0.1) is 0 Å². The molecule has 6 rings (SSSR count). The molecule has 0 saturated heterocycles. The molecular formula is C31H25F6N5O2. The second kappa shape index (κ2) is 11.4. The maximum atomic E-state index is 15.0. The Hall–Kier alpha value is -4.68. The van der Waals surface area contributed by atoms with E-state index in [0.29, 0.717) is 23.6 Å². The van der Waals surface area contributed by atoms with Crippen LogP contribution in [0.4, 0.5) is 26.3 Å². The Morgan fingerprint density at radius 3 is 2.50 bits per heavy atom. The Balaban J connectivity index is 1.36. The summed E-state index contributed by atoms with van der Waals surface area (Å²) in [4.78, 5) is 30.1. The van der Waals surface area contributed by atoms with Crippen LogP contribution in [0, 0.1) is 23.4 Å². The highest BCUT2D eigenvalue weighted by Crippen LogP contribution is 2.64. The lowest BCUT2D eigenvalue weighted by Crippen LogP contribution is -2.34. The Bertz CT molecular complexity index is 1760. The smallest absolute Gasteiger partial charge is 0.282 e. The highest BCUT2D eigenvalue weighted by Gasteiger charge is 2.57. The monoisotopic (exact) mass is 613 g/mol. The van der Waals surface area contributed by atoms with Crippen molar-refractivity contribution < 1.29 is 35.9 Å². The number of fused-ring (bicyclic) bond motifs is 3. The number of alkyl halides is 3. The van der Waals surface area contributed by atoms with Crippen molar-refractivity contribution in [3.8, 4) is 11.1 Å². The molecule has 0 radical (unpaired) electrons. The molecule has 0 spiro atoms. The molecule has 4 aromatic rings. The molecule has 2 aliphatic carbocycles. The van der Waals surface area contributed by atoms with Gasteiger partial charge in [-0.1, -0.05) is 12.1 Å². The van der Waals surface area contributed by atoms with Gasteiger partial charge in [0.2, 0.25) is 5.91 Å². The first-order valence-corrected chi connectivity index (χ1v) is 13.8. The maximum Gasteiger partial charge on any atom is 0.282 e. The van der Waals surface area contributed by atoms with Gasteiger partial charge in [0.1, 0.15) is 35.9 Å². The molecule has 2 aromatic heterocycles. The van der Waals surface area contributed by atoms with Crippen molar-refractivity contribution in [3.63, 3.8) is 0 Å². The summed E-state index contributed by atoms with van der Waals surface area (Å²) < 4.78 is 86.1. The van der Waals surface area contributed by atoms with Gasteiger partial charge in [0.25, 0.3) is 12.3 Å². The molecule has 13 heteroatoms. The third-order valence-electron chi connectivity index (χ3n) is 8.02. The molecule has 228 valence electrons. The summed E-state index contributed by atoms with van der Waals surface area (Å²) in [5.74, 6) is -4.63. The third kappa shape index (κ3) is 5.42. The van der Waals surface area contributed by atoms with Crippen molar-refractivity contribution >= 4 is 11.8 Å². The number of benzene rings is 2. The third-order valence-corrected chi connectivity index (χ3v) is 8.02. The van der Waals surface area contributed by atoms with Crippen LogP contribution in [0.25, 0.3) is 11.1 Å². The minimum absolute atomic E-state index is 0.0352. The van der Waals surface area contributed by atoms with Crippen LogP contribution in [-0.2, 0) is 17.8 Å². The molecule has 0 bridgehead atoms. The van der Waals surface area contributed by atoms with E-state index in [0.717, 1.165) is 22.9 Å². The number of hydrogen-bond donors (Lipinski definition) is 2. The van der Waals surface area contributed by atoms with Gasteiger partial charge in [-0.25, -0.2) is 26.3 Å². The predicted octanol–water partition coefficient (Wildman–Crippen LogP) is 5.89. The van der Waals surface area contributed by atoms with Crippen molar-refractivity contribution in [1.29, 1.82) is 0 Å². The highest BCUT2D eigenvalue weighted by atomic mass is 19.3. The number of hydrogen-bond acceptors (Lipinski definition) is 4. The number of nitrogens with one attached hydrogen (secondary N) is 2. The first-order valence-electron chi connectivity index (χ1n) is 13.8. The lowest BCUT2D eigenvalue weighted by molar-refractivity contribution is -0.122. The lowest BCUT2D eigenvalue weighted by atomic mass is 9.94. The first kappa shape index (κ1) is 29.4. The normalized spacial score (nSPS) is 19.0. The van der Waals surface area contributed by atoms with Crippen molar-refractivity contribution in [3.05, 3.63) is 106 Å². The van der Waals surface area contributed by atoms with Crippen LogP contribution in [-0.4, -0.2) is 33.6 Å². The predicted molar refractivity (Wildman–Crippen MR) is 146 cm³/mol. The summed E-state index contributed by atoms with van der Waals surface area (Å²) in [6.07, 6.45) is -2.76. The number of halogens is 6. The summed E-state index contributed by atoms with van der Waals surface area (Å²) >= 11 is 0. The van der Waals surface area contributed by atoms with E-state index in [4.69, 9.17) is 0 Å². The van der Waals surface area contributed by atoms with Gasteiger partial charge in [-0.05, 0) is 60.2 Å². The van der Waals surface area contributed by atoms with Gasteiger partial charge in [-0.3, -0.25) is 19.3 Å². The van der Waals surface area contributed by atoms with Crippen molar-refractivity contribution in [2.75, 3.05) is 7.05 Å². The fraction of sp³-hybridized carbons (Fsp3) is 0.290. The average molecular weight is 614 g/mol. The maximum absolute atomic E-state index is 15.0. The van der Waals surface area contributed by atoms with Gasteiger partial charge in [-0.2, -0.15) is 5.10 Å². The number of nitrogens with zero attached hydrogens (tertiary/aromatic N) is 3. The number of amides is 2. The topological polar surface area (TPSA) is 88.9 Å². The quantitative estimate of drug-likeness (QED) is 0.231. The van der Waals surface area contributed by atoms with Crippen molar-refractivity contribution in [2.24, 2.45) is 5.92 Å². The van der Waals surface area contributed by atoms with E-state index in [1.807, 2.05) is 0 Å². The lowest BCUT2D eigenvalue weighted by Gasteiger charge is -2.22. The molecule has 3 unspecified atom stereocenters. The van der Waals surface area contributed by atoms with Gasteiger partial charge < -0.3 is 10.6 Å². The molecule has 7 nitrogen and oxygen atoms in total. The van der Waals surface area contributed by atoms with Crippen LogP contribution < -0.4 is 10.6 Å². The molecule has 2 amide bonds. The molecular weight excluding hydrogens is 588 g/mol. The first-order chi connectivity index (χ1) is 21.0. The van der Waals surface area contributed by atoms with E-state index in [2.05, 4.69) is 20.7 Å². The molecule has 4 atom stereocenters. The zero-order chi connectivity index (χ0) is 31.3. The molecule has 0 aliphatic heterocycles. The number of aromatic nitrogens is 3. The highest BCUT2D eigenvalue weighted by molar-refractivity contribution is 5.95. The van der Waals surface area contributed by atoms with Gasteiger partial charge in [0, 0.05) is 36.4 Å². The summed E-state index contributed by atoms with van der Waals surface area (Å²) in [6, 6.07) is 8.82. The number of pyridine rings is 1. The zero-order valence-electron chi connectivity index (χ0n) is 23.1. The summed E-state index contributed by atoms with van der Waals surface area (Å²) in [5, 5.41) is 8.97. The Kier molecular flexibility index (Phi) is 7.64. The number of rotatable bonds is 9. The zero-order valence-corrected chi connectivity index (χ0v) is 23.1. The van der Waals surface area contributed by atoms with Crippen LogP contribution in [0.5, 0.6) is 0 Å². The van der Waals surface area contributed by atoms with E-state index in [1.165, 1.54) is 25.4 Å². The van der Waals surface area contributed by atoms with E-state index >= 15 is 4.39 Å². The minimum atomic E-state index is -2.94. The van der Waals surface area contributed by atoms with Gasteiger partial charge >= 0.3 is 0 Å². The summed E-state index contributed by atoms with van der Waals surface area (Å²) in [5.41, 5.74) is 0.463.